The molecule has 0 fully saturated rings. The van der Waals surface area contributed by atoms with Gasteiger partial charge in [-0.05, 0) is 71.5 Å². The maximum absolute atomic E-state index is 13.9. The molecule has 3 aromatic carbocycles. The lowest BCUT2D eigenvalue weighted by Crippen LogP contribution is -2.10. The number of aryl methyl sites for hydroxylation is 1. The zero-order valence-electron chi connectivity index (χ0n) is 19.8. The first kappa shape index (κ1) is 24.9. The molecule has 0 saturated heterocycles. The molecular formula is C30H24F3NO2. The Hall–Kier alpha value is -4.19. The van der Waals surface area contributed by atoms with Gasteiger partial charge in [-0.1, -0.05) is 60.7 Å². The summed E-state index contributed by atoms with van der Waals surface area (Å²) in [7, 11) is 0. The number of benzene rings is 3. The van der Waals surface area contributed by atoms with Gasteiger partial charge in [-0.2, -0.15) is 13.2 Å². The average molecular weight is 488 g/mol. The third kappa shape index (κ3) is 5.71. The lowest BCUT2D eigenvalue weighted by Gasteiger charge is -2.16. The highest BCUT2D eigenvalue weighted by molar-refractivity contribution is 5.83. The number of carbonyl (C=O) groups is 1. The smallest absolute Gasteiger partial charge is 0.417 e. The lowest BCUT2D eigenvalue weighted by molar-refractivity contribution is -0.137. The lowest BCUT2D eigenvalue weighted by atomic mass is 9.95. The summed E-state index contributed by atoms with van der Waals surface area (Å²) < 4.78 is 47.4. The monoisotopic (exact) mass is 487 g/mol. The maximum atomic E-state index is 13.9. The number of alkyl halides is 3. The number of pyridine rings is 1. The Balaban J connectivity index is 1.72. The number of hydrogen-bond donors (Lipinski definition) is 0. The average Bonchev–Trinajstić information content (AvgIpc) is 2.86. The Morgan fingerprint density at radius 2 is 1.61 bits per heavy atom. The molecule has 4 rings (SSSR count). The van der Waals surface area contributed by atoms with Gasteiger partial charge in [0, 0.05) is 11.9 Å². The van der Waals surface area contributed by atoms with Gasteiger partial charge in [0.1, 0.15) is 12.4 Å². The molecule has 3 nitrogen and oxygen atoms in total. The fourth-order valence-corrected chi connectivity index (χ4v) is 4.01. The Labute approximate surface area is 207 Å². The minimum absolute atomic E-state index is 0.0847. The highest BCUT2D eigenvalue weighted by Crippen LogP contribution is 2.37. The molecule has 182 valence electrons. The van der Waals surface area contributed by atoms with Crippen LogP contribution in [-0.2, 0) is 12.8 Å². The molecule has 4 aromatic rings. The van der Waals surface area contributed by atoms with E-state index in [1.165, 1.54) is 12.1 Å². The van der Waals surface area contributed by atoms with Crippen LogP contribution < -0.4 is 4.74 Å². The fourth-order valence-electron chi connectivity index (χ4n) is 4.01. The van der Waals surface area contributed by atoms with Crippen LogP contribution in [0.4, 0.5) is 13.2 Å². The first-order valence-electron chi connectivity index (χ1n) is 11.3. The third-order valence-corrected chi connectivity index (χ3v) is 5.87. The molecule has 0 radical (unpaired) electrons. The van der Waals surface area contributed by atoms with Crippen molar-refractivity contribution in [2.75, 3.05) is 0 Å². The molecule has 6 heteroatoms. The van der Waals surface area contributed by atoms with Crippen LogP contribution in [-0.4, -0.2) is 11.3 Å². The predicted molar refractivity (Wildman–Crippen MR) is 136 cm³/mol. The number of aldehydes is 1. The van der Waals surface area contributed by atoms with Gasteiger partial charge in [-0.15, -0.1) is 0 Å². The van der Waals surface area contributed by atoms with E-state index in [4.69, 9.17) is 4.74 Å². The predicted octanol–water partition coefficient (Wildman–Crippen LogP) is 7.95. The van der Waals surface area contributed by atoms with E-state index < -0.39 is 11.7 Å². The van der Waals surface area contributed by atoms with Crippen molar-refractivity contribution in [3.05, 3.63) is 118 Å². The van der Waals surface area contributed by atoms with Gasteiger partial charge < -0.3 is 4.74 Å². The fraction of sp³-hybridized carbons (Fsp3) is 0.133. The summed E-state index contributed by atoms with van der Waals surface area (Å²) in [6.45, 7) is 3.86. The number of hydrogen-bond acceptors (Lipinski definition) is 3. The van der Waals surface area contributed by atoms with E-state index in [0.29, 0.717) is 6.29 Å². The summed E-state index contributed by atoms with van der Waals surface area (Å²) in [5.74, 6) is 0.0851. The second kappa shape index (κ2) is 10.6. The van der Waals surface area contributed by atoms with Crippen molar-refractivity contribution in [3.8, 4) is 16.9 Å². The summed E-state index contributed by atoms with van der Waals surface area (Å²) in [6.07, 6.45) is 0.435. The number of carbonyl (C=O) groups excluding carboxylic acids is 1. The minimum Gasteiger partial charge on any atom is -0.488 e. The van der Waals surface area contributed by atoms with Crippen molar-refractivity contribution in [3.63, 3.8) is 0 Å². The molecule has 0 N–H and O–H groups in total. The van der Waals surface area contributed by atoms with Crippen molar-refractivity contribution < 1.29 is 22.7 Å². The van der Waals surface area contributed by atoms with Crippen molar-refractivity contribution in [2.24, 2.45) is 0 Å². The Kier molecular flexibility index (Phi) is 7.34. The Morgan fingerprint density at radius 3 is 2.31 bits per heavy atom. The topological polar surface area (TPSA) is 39.2 Å². The second-order valence-corrected chi connectivity index (χ2v) is 8.41. The van der Waals surface area contributed by atoms with Gasteiger partial charge in [-0.3, -0.25) is 9.78 Å². The molecule has 36 heavy (non-hydrogen) atoms. The van der Waals surface area contributed by atoms with Crippen LogP contribution in [0.15, 0.2) is 79.0 Å². The molecule has 0 bridgehead atoms. The zero-order valence-corrected chi connectivity index (χ0v) is 19.8. The molecule has 0 aliphatic rings. The molecule has 0 saturated carbocycles. The molecule has 1 aromatic heterocycles. The maximum Gasteiger partial charge on any atom is 0.417 e. The standard InChI is InChI=1S/C30H24F3NO2/c1-20-15-22(13-14-34-20)19-36-29-17-25(28(30(31,32)33)16-26(29)18-35)12-11-23-9-6-10-27(21(23)2)24-7-4-3-5-8-24/h3-18H,19H2,1-2H3/b12-11+. The van der Waals surface area contributed by atoms with Crippen LogP contribution in [0.1, 0.15) is 43.9 Å². The molecule has 0 atom stereocenters. The van der Waals surface area contributed by atoms with E-state index in [1.54, 1.807) is 18.3 Å². The number of halogens is 3. The van der Waals surface area contributed by atoms with Gasteiger partial charge >= 0.3 is 6.18 Å². The highest BCUT2D eigenvalue weighted by Gasteiger charge is 2.34. The quantitative estimate of drug-likeness (QED) is 0.196. The van der Waals surface area contributed by atoms with Crippen molar-refractivity contribution >= 4 is 18.4 Å². The Bertz CT molecular complexity index is 1410. The van der Waals surface area contributed by atoms with E-state index in [1.807, 2.05) is 68.4 Å². The molecule has 0 amide bonds. The zero-order chi connectivity index (χ0) is 25.7. The van der Waals surface area contributed by atoms with Crippen LogP contribution >= 0.6 is 0 Å². The van der Waals surface area contributed by atoms with Crippen molar-refractivity contribution in [1.29, 1.82) is 0 Å². The van der Waals surface area contributed by atoms with Gasteiger partial charge in [0.25, 0.3) is 0 Å². The van der Waals surface area contributed by atoms with Crippen molar-refractivity contribution in [1.82, 2.24) is 4.98 Å². The largest absolute Gasteiger partial charge is 0.488 e. The van der Waals surface area contributed by atoms with Crippen LogP contribution in [0.2, 0.25) is 0 Å². The van der Waals surface area contributed by atoms with Crippen LogP contribution in [0.25, 0.3) is 23.3 Å². The SMILES string of the molecule is Cc1cc(COc2cc(/C=C/c3cccc(-c4ccccc4)c3C)c(C(F)(F)F)cc2C=O)ccn1. The van der Waals surface area contributed by atoms with E-state index in [-0.39, 0.29) is 23.5 Å². The van der Waals surface area contributed by atoms with Crippen LogP contribution in [0, 0.1) is 13.8 Å². The van der Waals surface area contributed by atoms with Crippen LogP contribution in [0.3, 0.4) is 0 Å². The third-order valence-electron chi connectivity index (χ3n) is 5.87. The number of nitrogens with zero attached hydrogens (tertiary/aromatic N) is 1. The number of rotatable bonds is 7. The summed E-state index contributed by atoms with van der Waals surface area (Å²) in [4.78, 5) is 15.7. The normalized spacial score (nSPS) is 11.6. The molecule has 1 heterocycles. The van der Waals surface area contributed by atoms with E-state index >= 15 is 0 Å². The van der Waals surface area contributed by atoms with Crippen molar-refractivity contribution in [2.45, 2.75) is 26.6 Å². The minimum atomic E-state index is -4.64. The number of aromatic nitrogens is 1. The first-order valence-corrected chi connectivity index (χ1v) is 11.3. The molecular weight excluding hydrogens is 463 g/mol. The molecule has 0 aliphatic carbocycles. The number of ether oxygens (including phenoxy) is 1. The first-order chi connectivity index (χ1) is 17.3. The summed E-state index contributed by atoms with van der Waals surface area (Å²) in [6, 6.07) is 21.2. The highest BCUT2D eigenvalue weighted by atomic mass is 19.4. The summed E-state index contributed by atoms with van der Waals surface area (Å²) in [5.41, 5.74) is 4.21. The van der Waals surface area contributed by atoms with Crippen LogP contribution in [0.5, 0.6) is 5.75 Å². The van der Waals surface area contributed by atoms with Gasteiger partial charge in [0.05, 0.1) is 11.1 Å². The summed E-state index contributed by atoms with van der Waals surface area (Å²) in [5, 5.41) is 0. The molecule has 0 unspecified atom stereocenters. The second-order valence-electron chi connectivity index (χ2n) is 8.41. The van der Waals surface area contributed by atoms with Gasteiger partial charge in [0.15, 0.2) is 6.29 Å². The Morgan fingerprint density at radius 1 is 0.861 bits per heavy atom. The van der Waals surface area contributed by atoms with E-state index in [0.717, 1.165) is 39.6 Å². The van der Waals surface area contributed by atoms with Gasteiger partial charge in [0.2, 0.25) is 0 Å². The molecule has 0 aliphatic heterocycles. The van der Waals surface area contributed by atoms with Gasteiger partial charge in [-0.25, -0.2) is 0 Å². The van der Waals surface area contributed by atoms with E-state index in [9.17, 15) is 18.0 Å². The molecule has 0 spiro atoms. The van der Waals surface area contributed by atoms with E-state index in [2.05, 4.69) is 4.98 Å². The summed E-state index contributed by atoms with van der Waals surface area (Å²) >= 11 is 0.